The van der Waals surface area contributed by atoms with Gasteiger partial charge in [-0.25, -0.2) is 8.42 Å². The van der Waals surface area contributed by atoms with Gasteiger partial charge in [-0.15, -0.1) is 0 Å². The second-order valence-electron chi connectivity index (χ2n) is 7.68. The van der Waals surface area contributed by atoms with Gasteiger partial charge >= 0.3 is 0 Å². The SMILES string of the molecule is COc1ccccc1C(C)NC(=O)c1ccc(N(Cc2ccccc2C)S(C)(=O)=O)cc1. The van der Waals surface area contributed by atoms with Crippen LogP contribution in [0.15, 0.2) is 72.8 Å². The van der Waals surface area contributed by atoms with Crippen LogP contribution >= 0.6 is 0 Å². The smallest absolute Gasteiger partial charge is 0.251 e. The number of para-hydroxylation sites is 1. The zero-order chi connectivity index (χ0) is 23.3. The van der Waals surface area contributed by atoms with Gasteiger partial charge in [0.1, 0.15) is 5.75 Å². The maximum atomic E-state index is 12.8. The number of carbonyl (C=O) groups is 1. The molecule has 0 heterocycles. The number of nitrogens with one attached hydrogen (secondary N) is 1. The van der Waals surface area contributed by atoms with Gasteiger partial charge in [-0.3, -0.25) is 9.10 Å². The predicted molar refractivity (Wildman–Crippen MR) is 128 cm³/mol. The first-order valence-corrected chi connectivity index (χ1v) is 12.1. The van der Waals surface area contributed by atoms with Crippen LogP contribution in [0.4, 0.5) is 5.69 Å². The molecule has 3 aromatic carbocycles. The summed E-state index contributed by atoms with van der Waals surface area (Å²) in [5.74, 6) is 0.454. The summed E-state index contributed by atoms with van der Waals surface area (Å²) in [6, 6.07) is 21.5. The van der Waals surface area contributed by atoms with Crippen molar-refractivity contribution in [1.82, 2.24) is 5.32 Å². The Hall–Kier alpha value is -3.32. The van der Waals surface area contributed by atoms with Crippen molar-refractivity contribution >= 4 is 21.6 Å². The third-order valence-corrected chi connectivity index (χ3v) is 6.49. The molecule has 3 aromatic rings. The van der Waals surface area contributed by atoms with Crippen LogP contribution in [0.1, 0.15) is 40.0 Å². The van der Waals surface area contributed by atoms with Gasteiger partial charge in [0.2, 0.25) is 10.0 Å². The summed E-state index contributed by atoms with van der Waals surface area (Å²) < 4.78 is 31.6. The molecule has 0 aliphatic rings. The fraction of sp³-hybridized carbons (Fsp3) is 0.240. The average Bonchev–Trinajstić information content (AvgIpc) is 2.77. The van der Waals surface area contributed by atoms with E-state index in [0.717, 1.165) is 16.7 Å². The maximum absolute atomic E-state index is 12.8. The van der Waals surface area contributed by atoms with Crippen molar-refractivity contribution in [2.45, 2.75) is 26.4 Å². The van der Waals surface area contributed by atoms with Gasteiger partial charge in [0.05, 0.1) is 31.6 Å². The highest BCUT2D eigenvalue weighted by atomic mass is 32.2. The molecule has 7 heteroatoms. The second-order valence-corrected chi connectivity index (χ2v) is 9.59. The minimum absolute atomic E-state index is 0.224. The first kappa shape index (κ1) is 23.3. The minimum Gasteiger partial charge on any atom is -0.496 e. The Morgan fingerprint density at radius 2 is 1.62 bits per heavy atom. The molecule has 32 heavy (non-hydrogen) atoms. The molecule has 0 radical (unpaired) electrons. The Morgan fingerprint density at radius 1 is 1.00 bits per heavy atom. The molecule has 1 amide bonds. The highest BCUT2D eigenvalue weighted by Crippen LogP contribution is 2.26. The standard InChI is InChI=1S/C25H28N2O4S/c1-18-9-5-6-10-21(18)17-27(32(4,29)30)22-15-13-20(14-16-22)25(28)26-19(2)23-11-7-8-12-24(23)31-3/h5-16,19H,17H2,1-4H3,(H,26,28). The number of nitrogens with zero attached hydrogens (tertiary/aromatic N) is 1. The van der Waals surface area contributed by atoms with Crippen LogP contribution in [0.2, 0.25) is 0 Å². The van der Waals surface area contributed by atoms with Crippen molar-refractivity contribution in [3.63, 3.8) is 0 Å². The van der Waals surface area contributed by atoms with E-state index in [1.807, 2.05) is 62.4 Å². The Kier molecular flexibility index (Phi) is 7.20. The molecule has 1 atom stereocenters. The minimum atomic E-state index is -3.51. The molecule has 0 aliphatic heterocycles. The number of anilines is 1. The van der Waals surface area contributed by atoms with Gasteiger partial charge in [0.25, 0.3) is 5.91 Å². The number of rotatable bonds is 8. The Balaban J connectivity index is 1.79. The van der Waals surface area contributed by atoms with Gasteiger partial charge in [-0.1, -0.05) is 42.5 Å². The Bertz CT molecular complexity index is 1190. The van der Waals surface area contributed by atoms with Crippen LogP contribution in [0.25, 0.3) is 0 Å². The van der Waals surface area contributed by atoms with E-state index >= 15 is 0 Å². The van der Waals surface area contributed by atoms with Crippen LogP contribution in [0, 0.1) is 6.92 Å². The van der Waals surface area contributed by atoms with E-state index in [2.05, 4.69) is 5.32 Å². The van der Waals surface area contributed by atoms with Crippen LogP contribution in [-0.4, -0.2) is 27.7 Å². The largest absolute Gasteiger partial charge is 0.496 e. The van der Waals surface area contributed by atoms with E-state index in [1.54, 1.807) is 31.4 Å². The van der Waals surface area contributed by atoms with Gasteiger partial charge in [-0.05, 0) is 55.3 Å². The number of carbonyl (C=O) groups excluding carboxylic acids is 1. The first-order chi connectivity index (χ1) is 15.2. The van der Waals surface area contributed by atoms with Crippen molar-refractivity contribution in [2.24, 2.45) is 0 Å². The van der Waals surface area contributed by atoms with Crippen molar-refractivity contribution in [2.75, 3.05) is 17.7 Å². The average molecular weight is 453 g/mol. The molecular formula is C25H28N2O4S. The molecule has 0 aromatic heterocycles. The number of amides is 1. The van der Waals surface area contributed by atoms with Crippen LogP contribution in [0.3, 0.4) is 0 Å². The normalized spacial score (nSPS) is 12.1. The number of benzene rings is 3. The highest BCUT2D eigenvalue weighted by molar-refractivity contribution is 7.92. The van der Waals surface area contributed by atoms with E-state index < -0.39 is 10.0 Å². The van der Waals surface area contributed by atoms with Crippen molar-refractivity contribution in [3.8, 4) is 5.75 Å². The summed E-state index contributed by atoms with van der Waals surface area (Å²) >= 11 is 0. The summed E-state index contributed by atoms with van der Waals surface area (Å²) in [5, 5.41) is 2.96. The Labute approximate surface area is 189 Å². The lowest BCUT2D eigenvalue weighted by atomic mass is 10.1. The quantitative estimate of drug-likeness (QED) is 0.548. The summed E-state index contributed by atoms with van der Waals surface area (Å²) in [7, 11) is -1.92. The molecule has 1 unspecified atom stereocenters. The number of methoxy groups -OCH3 is 1. The van der Waals surface area contributed by atoms with Gasteiger partial charge in [-0.2, -0.15) is 0 Å². The zero-order valence-corrected chi connectivity index (χ0v) is 19.5. The van der Waals surface area contributed by atoms with E-state index in [1.165, 1.54) is 10.6 Å². The molecule has 0 saturated heterocycles. The monoisotopic (exact) mass is 452 g/mol. The topological polar surface area (TPSA) is 75.7 Å². The second kappa shape index (κ2) is 9.87. The molecule has 0 aliphatic carbocycles. The third-order valence-electron chi connectivity index (χ3n) is 5.35. The fourth-order valence-electron chi connectivity index (χ4n) is 3.50. The van der Waals surface area contributed by atoms with Gasteiger partial charge in [0, 0.05) is 11.1 Å². The van der Waals surface area contributed by atoms with E-state index in [4.69, 9.17) is 4.74 Å². The summed E-state index contributed by atoms with van der Waals surface area (Å²) in [4.78, 5) is 12.8. The van der Waals surface area contributed by atoms with Crippen molar-refractivity contribution in [1.29, 1.82) is 0 Å². The Morgan fingerprint density at radius 3 is 2.25 bits per heavy atom. The van der Waals surface area contributed by atoms with Gasteiger partial charge in [0.15, 0.2) is 0 Å². The van der Waals surface area contributed by atoms with Crippen LogP contribution in [0.5, 0.6) is 5.75 Å². The fourth-order valence-corrected chi connectivity index (χ4v) is 4.38. The molecule has 6 nitrogen and oxygen atoms in total. The number of sulfonamides is 1. The van der Waals surface area contributed by atoms with Crippen LogP contribution < -0.4 is 14.4 Å². The summed E-state index contributed by atoms with van der Waals surface area (Å²) in [6.07, 6.45) is 1.18. The molecule has 0 saturated carbocycles. The van der Waals surface area contributed by atoms with E-state index in [9.17, 15) is 13.2 Å². The zero-order valence-electron chi connectivity index (χ0n) is 18.7. The number of ether oxygens (including phenoxy) is 1. The molecule has 168 valence electrons. The highest BCUT2D eigenvalue weighted by Gasteiger charge is 2.20. The first-order valence-electron chi connectivity index (χ1n) is 10.3. The molecule has 0 spiro atoms. The lowest BCUT2D eigenvalue weighted by Crippen LogP contribution is -2.30. The molecule has 0 fully saturated rings. The molecule has 1 N–H and O–H groups in total. The van der Waals surface area contributed by atoms with Crippen molar-refractivity contribution in [3.05, 3.63) is 95.1 Å². The van der Waals surface area contributed by atoms with E-state index in [-0.39, 0.29) is 18.5 Å². The number of hydrogen-bond donors (Lipinski definition) is 1. The summed E-state index contributed by atoms with van der Waals surface area (Å²) in [6.45, 7) is 4.06. The van der Waals surface area contributed by atoms with Gasteiger partial charge < -0.3 is 10.1 Å². The third kappa shape index (κ3) is 5.48. The van der Waals surface area contributed by atoms with E-state index in [0.29, 0.717) is 17.0 Å². The number of aryl methyl sites for hydroxylation is 1. The maximum Gasteiger partial charge on any atom is 0.251 e. The lowest BCUT2D eigenvalue weighted by molar-refractivity contribution is 0.0939. The molecule has 3 rings (SSSR count). The molecular weight excluding hydrogens is 424 g/mol. The van der Waals surface area contributed by atoms with Crippen molar-refractivity contribution < 1.29 is 17.9 Å². The summed E-state index contributed by atoms with van der Waals surface area (Å²) in [5.41, 5.74) is 3.76. The lowest BCUT2D eigenvalue weighted by Gasteiger charge is -2.23. The molecule has 0 bridgehead atoms. The predicted octanol–water partition coefficient (Wildman–Crippen LogP) is 4.46. The number of hydrogen-bond acceptors (Lipinski definition) is 4. The van der Waals surface area contributed by atoms with Crippen LogP contribution in [-0.2, 0) is 16.6 Å².